The standard InChI is InChI=1S/C29H26ClN3O4/c30-20-9-5-18(6-10-20)7-11-21-22-17-19(29(36)37)8-12-26(22)33(16-15-28(34)35)25(21)13-14-27-31-23-3-1-2-4-24(23)32-27/h1-6,8-10,12,17H,7,11,13-16H2,(H,31,32)(H,34,35)(H,36,37). The minimum atomic E-state index is -0.993. The lowest BCUT2D eigenvalue weighted by molar-refractivity contribution is -0.137. The number of imidazole rings is 1. The second kappa shape index (κ2) is 10.5. The summed E-state index contributed by atoms with van der Waals surface area (Å²) < 4.78 is 2.04. The molecule has 7 nitrogen and oxygen atoms in total. The van der Waals surface area contributed by atoms with Crippen LogP contribution in [0.25, 0.3) is 21.9 Å². The van der Waals surface area contributed by atoms with E-state index in [1.165, 1.54) is 0 Å². The van der Waals surface area contributed by atoms with Gasteiger partial charge in [0.1, 0.15) is 5.82 Å². The highest BCUT2D eigenvalue weighted by Crippen LogP contribution is 2.31. The number of aromatic amines is 1. The molecule has 0 atom stereocenters. The topological polar surface area (TPSA) is 108 Å². The van der Waals surface area contributed by atoms with Crippen molar-refractivity contribution in [1.29, 1.82) is 0 Å². The zero-order valence-corrected chi connectivity index (χ0v) is 20.8. The number of nitrogens with zero attached hydrogens (tertiary/aromatic N) is 2. The van der Waals surface area contributed by atoms with Crippen molar-refractivity contribution in [3.05, 3.63) is 100.0 Å². The van der Waals surface area contributed by atoms with E-state index in [1.807, 2.05) is 53.1 Å². The number of para-hydroxylation sites is 2. The summed E-state index contributed by atoms with van der Waals surface area (Å²) >= 11 is 6.06. The molecule has 0 radical (unpaired) electrons. The van der Waals surface area contributed by atoms with Gasteiger partial charge >= 0.3 is 11.9 Å². The molecule has 0 fully saturated rings. The van der Waals surface area contributed by atoms with Crippen LogP contribution in [-0.2, 0) is 37.0 Å². The Bertz CT molecular complexity index is 1570. The van der Waals surface area contributed by atoms with Crippen molar-refractivity contribution < 1.29 is 19.8 Å². The average Bonchev–Trinajstić information content (AvgIpc) is 3.43. The quantitative estimate of drug-likeness (QED) is 0.214. The molecule has 3 N–H and O–H groups in total. The SMILES string of the molecule is O=C(O)CCn1c(CCc2nc3ccccc3[nH]2)c(CCc2ccc(Cl)cc2)c2cc(C(=O)O)ccc21. The molecular formula is C29H26ClN3O4. The van der Waals surface area contributed by atoms with Gasteiger partial charge in [0.05, 0.1) is 23.0 Å². The lowest BCUT2D eigenvalue weighted by atomic mass is 9.99. The number of fused-ring (bicyclic) bond motifs is 2. The van der Waals surface area contributed by atoms with Crippen molar-refractivity contribution in [3.8, 4) is 0 Å². The maximum Gasteiger partial charge on any atom is 0.335 e. The first kappa shape index (κ1) is 24.6. The van der Waals surface area contributed by atoms with E-state index in [9.17, 15) is 19.8 Å². The van der Waals surface area contributed by atoms with Gasteiger partial charge in [-0.3, -0.25) is 4.79 Å². The molecule has 37 heavy (non-hydrogen) atoms. The van der Waals surface area contributed by atoms with Gasteiger partial charge in [-0.15, -0.1) is 0 Å². The van der Waals surface area contributed by atoms with Crippen LogP contribution in [-0.4, -0.2) is 36.7 Å². The molecule has 5 rings (SSSR count). The van der Waals surface area contributed by atoms with E-state index in [0.29, 0.717) is 30.8 Å². The van der Waals surface area contributed by atoms with E-state index in [1.54, 1.807) is 18.2 Å². The van der Waals surface area contributed by atoms with Crippen LogP contribution >= 0.6 is 11.6 Å². The number of benzene rings is 3. The third-order valence-electron chi connectivity index (χ3n) is 6.70. The number of aromatic nitrogens is 3. The number of aryl methyl sites for hydroxylation is 4. The Morgan fingerprint density at radius 1 is 0.919 bits per heavy atom. The molecule has 0 aliphatic heterocycles. The lowest BCUT2D eigenvalue weighted by Gasteiger charge is -2.12. The summed E-state index contributed by atoms with van der Waals surface area (Å²) in [5, 5.41) is 20.6. The molecule has 0 aliphatic rings. The van der Waals surface area contributed by atoms with Gasteiger partial charge in [-0.1, -0.05) is 35.9 Å². The molecule has 0 bridgehead atoms. The molecule has 2 heterocycles. The number of nitrogens with one attached hydrogen (secondary N) is 1. The van der Waals surface area contributed by atoms with E-state index in [-0.39, 0.29) is 12.0 Å². The maximum absolute atomic E-state index is 11.8. The number of hydrogen-bond donors (Lipinski definition) is 3. The fourth-order valence-electron chi connectivity index (χ4n) is 4.92. The highest BCUT2D eigenvalue weighted by Gasteiger charge is 2.20. The number of rotatable bonds is 10. The minimum absolute atomic E-state index is 0.0290. The highest BCUT2D eigenvalue weighted by atomic mass is 35.5. The Hall–Kier alpha value is -4.10. The van der Waals surface area contributed by atoms with E-state index < -0.39 is 11.9 Å². The largest absolute Gasteiger partial charge is 0.481 e. The van der Waals surface area contributed by atoms with Crippen LogP contribution in [0.5, 0.6) is 0 Å². The van der Waals surface area contributed by atoms with Crippen LogP contribution in [0.2, 0.25) is 5.02 Å². The van der Waals surface area contributed by atoms with E-state index in [2.05, 4.69) is 4.98 Å². The van der Waals surface area contributed by atoms with Crippen LogP contribution in [0.15, 0.2) is 66.7 Å². The molecule has 0 saturated heterocycles. The van der Waals surface area contributed by atoms with Gasteiger partial charge in [0.25, 0.3) is 0 Å². The second-order valence-corrected chi connectivity index (χ2v) is 9.52. The van der Waals surface area contributed by atoms with Crippen LogP contribution < -0.4 is 0 Å². The van der Waals surface area contributed by atoms with Crippen molar-refractivity contribution in [2.45, 2.75) is 38.6 Å². The van der Waals surface area contributed by atoms with Gasteiger partial charge < -0.3 is 19.8 Å². The molecule has 0 aliphatic carbocycles. The zero-order valence-electron chi connectivity index (χ0n) is 20.1. The number of carboxylic acid groups (broad SMARTS) is 2. The number of halogens is 1. The van der Waals surface area contributed by atoms with Crippen LogP contribution in [0.4, 0.5) is 0 Å². The Morgan fingerprint density at radius 3 is 2.43 bits per heavy atom. The fourth-order valence-corrected chi connectivity index (χ4v) is 5.04. The molecule has 2 aromatic heterocycles. The highest BCUT2D eigenvalue weighted by molar-refractivity contribution is 6.30. The van der Waals surface area contributed by atoms with E-state index in [0.717, 1.165) is 51.0 Å². The number of hydrogen-bond acceptors (Lipinski definition) is 3. The summed E-state index contributed by atoms with van der Waals surface area (Å²) in [6.07, 6.45) is 2.66. The molecule has 5 aromatic rings. The predicted molar refractivity (Wildman–Crippen MR) is 144 cm³/mol. The molecule has 0 unspecified atom stereocenters. The van der Waals surface area contributed by atoms with Crippen molar-refractivity contribution in [3.63, 3.8) is 0 Å². The van der Waals surface area contributed by atoms with Gasteiger partial charge in [-0.25, -0.2) is 9.78 Å². The van der Waals surface area contributed by atoms with E-state index >= 15 is 0 Å². The average molecular weight is 516 g/mol. The Balaban J connectivity index is 1.56. The molecule has 0 amide bonds. The fraction of sp³-hybridized carbons (Fsp3) is 0.207. The van der Waals surface area contributed by atoms with Crippen LogP contribution in [0.3, 0.4) is 0 Å². The molecule has 0 saturated carbocycles. The normalized spacial score (nSPS) is 11.4. The third kappa shape index (κ3) is 5.37. The summed E-state index contributed by atoms with van der Waals surface area (Å²) in [6, 6.07) is 20.6. The van der Waals surface area contributed by atoms with Crippen LogP contribution in [0, 0.1) is 0 Å². The number of carboxylic acids is 2. The monoisotopic (exact) mass is 515 g/mol. The molecular weight excluding hydrogens is 490 g/mol. The Kier molecular flexibility index (Phi) is 6.97. The number of aromatic carboxylic acids is 1. The number of H-pyrrole nitrogens is 1. The Morgan fingerprint density at radius 2 is 1.70 bits per heavy atom. The summed E-state index contributed by atoms with van der Waals surface area (Å²) in [5.74, 6) is -1.02. The predicted octanol–water partition coefficient (Wildman–Crippen LogP) is 5.91. The molecule has 3 aromatic carbocycles. The zero-order chi connectivity index (χ0) is 25.9. The first-order valence-corrected chi connectivity index (χ1v) is 12.5. The summed E-state index contributed by atoms with van der Waals surface area (Å²) in [7, 11) is 0. The Labute approximate surface area is 218 Å². The smallest absolute Gasteiger partial charge is 0.335 e. The van der Waals surface area contributed by atoms with Gasteiger partial charge in [0, 0.05) is 34.6 Å². The number of carbonyl (C=O) groups is 2. The van der Waals surface area contributed by atoms with E-state index in [4.69, 9.17) is 16.6 Å². The van der Waals surface area contributed by atoms with Crippen molar-refractivity contribution in [2.75, 3.05) is 0 Å². The van der Waals surface area contributed by atoms with Gasteiger partial charge in [0.15, 0.2) is 0 Å². The van der Waals surface area contributed by atoms with Crippen molar-refractivity contribution in [1.82, 2.24) is 14.5 Å². The van der Waals surface area contributed by atoms with Gasteiger partial charge in [-0.05, 0) is 72.9 Å². The first-order valence-electron chi connectivity index (χ1n) is 12.2. The first-order chi connectivity index (χ1) is 17.9. The summed E-state index contributed by atoms with van der Waals surface area (Å²) in [5.41, 5.74) is 6.09. The molecule has 188 valence electrons. The molecule has 0 spiro atoms. The summed E-state index contributed by atoms with van der Waals surface area (Å²) in [6.45, 7) is 0.300. The number of aliphatic carboxylic acids is 1. The second-order valence-electron chi connectivity index (χ2n) is 9.08. The third-order valence-corrected chi connectivity index (χ3v) is 6.95. The molecule has 8 heteroatoms. The van der Waals surface area contributed by atoms with Crippen LogP contribution in [0.1, 0.15) is 39.4 Å². The summed E-state index contributed by atoms with van der Waals surface area (Å²) in [4.78, 5) is 31.3. The minimum Gasteiger partial charge on any atom is -0.481 e. The lowest BCUT2D eigenvalue weighted by Crippen LogP contribution is -2.10. The maximum atomic E-state index is 11.8. The van der Waals surface area contributed by atoms with Crippen molar-refractivity contribution in [2.24, 2.45) is 0 Å². The van der Waals surface area contributed by atoms with Gasteiger partial charge in [-0.2, -0.15) is 0 Å². The van der Waals surface area contributed by atoms with Crippen molar-refractivity contribution >= 4 is 45.5 Å². The van der Waals surface area contributed by atoms with Gasteiger partial charge in [0.2, 0.25) is 0 Å².